The molecule has 0 atom stereocenters. The van der Waals surface area contributed by atoms with Gasteiger partial charge in [0.1, 0.15) is 0 Å². The zero-order valence-electron chi connectivity index (χ0n) is 14.9. The van der Waals surface area contributed by atoms with E-state index >= 15 is 0 Å². The lowest BCUT2D eigenvalue weighted by Crippen LogP contribution is -2.42. The smallest absolute Gasteiger partial charge is 0.261 e. The summed E-state index contributed by atoms with van der Waals surface area (Å²) >= 11 is 0. The third-order valence-electron chi connectivity index (χ3n) is 5.93. The van der Waals surface area contributed by atoms with Crippen molar-refractivity contribution < 1.29 is 14.4 Å². The van der Waals surface area contributed by atoms with E-state index in [9.17, 15) is 14.4 Å². The zero-order chi connectivity index (χ0) is 18.3. The van der Waals surface area contributed by atoms with Gasteiger partial charge >= 0.3 is 0 Å². The number of benzene rings is 1. The summed E-state index contributed by atoms with van der Waals surface area (Å²) in [5, 5.41) is 0. The van der Waals surface area contributed by atoms with E-state index in [1.54, 1.807) is 23.1 Å². The molecule has 1 saturated carbocycles. The minimum Gasteiger partial charge on any atom is -0.339 e. The monoisotopic (exact) mass is 355 g/mol. The molecule has 2 N–H and O–H groups in total. The molecule has 6 heteroatoms. The van der Waals surface area contributed by atoms with E-state index in [1.165, 1.54) is 4.90 Å². The van der Waals surface area contributed by atoms with Gasteiger partial charge in [-0.3, -0.25) is 19.3 Å². The molecule has 2 aliphatic heterocycles. The van der Waals surface area contributed by atoms with Gasteiger partial charge in [0.15, 0.2) is 0 Å². The molecule has 2 heterocycles. The predicted molar refractivity (Wildman–Crippen MR) is 96.9 cm³/mol. The fourth-order valence-electron chi connectivity index (χ4n) is 4.35. The summed E-state index contributed by atoms with van der Waals surface area (Å²) in [6.45, 7) is 1.27. The van der Waals surface area contributed by atoms with Crippen molar-refractivity contribution in [2.75, 3.05) is 13.1 Å². The number of amides is 3. The van der Waals surface area contributed by atoms with E-state index < -0.39 is 0 Å². The lowest BCUT2D eigenvalue weighted by molar-refractivity contribution is 0.0548. The van der Waals surface area contributed by atoms with Crippen LogP contribution in [-0.4, -0.2) is 52.7 Å². The lowest BCUT2D eigenvalue weighted by Gasteiger charge is -2.30. The van der Waals surface area contributed by atoms with Crippen LogP contribution in [0.1, 0.15) is 76.0 Å². The Morgan fingerprint density at radius 1 is 0.923 bits per heavy atom. The van der Waals surface area contributed by atoms with Gasteiger partial charge in [-0.2, -0.15) is 0 Å². The second-order valence-corrected chi connectivity index (χ2v) is 7.66. The van der Waals surface area contributed by atoms with Gasteiger partial charge in [-0.1, -0.05) is 19.3 Å². The number of carbonyl (C=O) groups is 3. The molecule has 0 unspecified atom stereocenters. The Morgan fingerprint density at radius 3 is 2.27 bits per heavy atom. The van der Waals surface area contributed by atoms with Crippen LogP contribution in [0.5, 0.6) is 0 Å². The summed E-state index contributed by atoms with van der Waals surface area (Å²) in [5.41, 5.74) is 7.18. The maximum atomic E-state index is 12.9. The maximum absolute atomic E-state index is 12.9. The molecule has 2 fully saturated rings. The van der Waals surface area contributed by atoms with Gasteiger partial charge < -0.3 is 10.6 Å². The van der Waals surface area contributed by atoms with E-state index in [0.29, 0.717) is 29.8 Å². The molecule has 0 aromatic heterocycles. The van der Waals surface area contributed by atoms with Crippen LogP contribution in [0.4, 0.5) is 0 Å². The number of nitrogens with two attached hydrogens (primary N) is 1. The first-order valence-electron chi connectivity index (χ1n) is 9.63. The maximum Gasteiger partial charge on any atom is 0.261 e. The molecule has 1 saturated heterocycles. The first-order chi connectivity index (χ1) is 12.6. The first kappa shape index (κ1) is 17.2. The molecule has 0 radical (unpaired) electrons. The summed E-state index contributed by atoms with van der Waals surface area (Å²) < 4.78 is 0. The van der Waals surface area contributed by atoms with Crippen LogP contribution in [0.3, 0.4) is 0 Å². The molecule has 1 aromatic carbocycles. The second kappa shape index (κ2) is 6.83. The Kier molecular flexibility index (Phi) is 4.53. The molecule has 0 bridgehead atoms. The number of rotatable bonds is 2. The molecular formula is C20H25N3O3. The van der Waals surface area contributed by atoms with Crippen molar-refractivity contribution in [2.24, 2.45) is 5.73 Å². The number of likely N-dealkylation sites (tertiary alicyclic amines) is 1. The number of carbonyl (C=O) groups excluding carboxylic acids is 3. The van der Waals surface area contributed by atoms with E-state index in [-0.39, 0.29) is 29.8 Å². The van der Waals surface area contributed by atoms with Crippen LogP contribution in [0.2, 0.25) is 0 Å². The van der Waals surface area contributed by atoms with Gasteiger partial charge in [0.25, 0.3) is 17.7 Å². The van der Waals surface area contributed by atoms with Crippen LogP contribution in [-0.2, 0) is 0 Å². The Labute approximate surface area is 153 Å². The molecule has 1 aliphatic carbocycles. The average molecular weight is 355 g/mol. The quantitative estimate of drug-likeness (QED) is 0.824. The lowest BCUT2D eigenvalue weighted by atomic mass is 9.94. The number of hydrogen-bond acceptors (Lipinski definition) is 4. The van der Waals surface area contributed by atoms with Crippen molar-refractivity contribution >= 4 is 17.7 Å². The van der Waals surface area contributed by atoms with Crippen molar-refractivity contribution in [3.05, 3.63) is 34.9 Å². The van der Waals surface area contributed by atoms with Crippen molar-refractivity contribution in [3.8, 4) is 0 Å². The fourth-order valence-corrected chi connectivity index (χ4v) is 4.35. The summed E-state index contributed by atoms with van der Waals surface area (Å²) in [6.07, 6.45) is 6.62. The highest BCUT2D eigenvalue weighted by atomic mass is 16.2. The van der Waals surface area contributed by atoms with Crippen LogP contribution in [0, 0.1) is 0 Å². The number of hydrogen-bond donors (Lipinski definition) is 1. The van der Waals surface area contributed by atoms with Crippen LogP contribution in [0.15, 0.2) is 18.2 Å². The molecule has 3 amide bonds. The third-order valence-corrected chi connectivity index (χ3v) is 5.93. The largest absolute Gasteiger partial charge is 0.339 e. The standard InChI is InChI=1S/C20H25N3O3/c21-14-8-10-22(11-9-14)18(24)13-6-7-16-17(12-13)20(26)23(19(16)25)15-4-2-1-3-5-15/h6-7,12,14-15H,1-5,8-11,21H2. The van der Waals surface area contributed by atoms with Gasteiger partial charge in [-0.25, -0.2) is 0 Å². The Hall–Kier alpha value is -2.21. The van der Waals surface area contributed by atoms with Gasteiger partial charge in [-0.05, 0) is 43.9 Å². The van der Waals surface area contributed by atoms with Gasteiger partial charge in [0.05, 0.1) is 11.1 Å². The molecule has 1 aromatic rings. The molecule has 0 spiro atoms. The number of fused-ring (bicyclic) bond motifs is 1. The van der Waals surface area contributed by atoms with Gasteiger partial charge in [0.2, 0.25) is 0 Å². The number of piperidine rings is 1. The second-order valence-electron chi connectivity index (χ2n) is 7.66. The SMILES string of the molecule is NC1CCN(C(=O)c2ccc3c(c2)C(=O)N(C2CCCCC2)C3=O)CC1. The van der Waals surface area contributed by atoms with Gasteiger partial charge in [0, 0.05) is 30.7 Å². The van der Waals surface area contributed by atoms with Gasteiger partial charge in [-0.15, -0.1) is 0 Å². The predicted octanol–water partition coefficient (Wildman–Crippen LogP) is 2.18. The normalized spacial score (nSPS) is 22.0. The average Bonchev–Trinajstić information content (AvgIpc) is 2.92. The summed E-state index contributed by atoms with van der Waals surface area (Å²) in [4.78, 5) is 41.5. The zero-order valence-corrected chi connectivity index (χ0v) is 14.9. The highest BCUT2D eigenvalue weighted by Gasteiger charge is 2.40. The van der Waals surface area contributed by atoms with E-state index in [4.69, 9.17) is 5.73 Å². The van der Waals surface area contributed by atoms with E-state index in [1.807, 2.05) is 0 Å². The highest BCUT2D eigenvalue weighted by molar-refractivity contribution is 6.22. The van der Waals surface area contributed by atoms with E-state index in [0.717, 1.165) is 44.9 Å². The Balaban J connectivity index is 1.56. The van der Waals surface area contributed by atoms with Crippen LogP contribution >= 0.6 is 0 Å². The molecule has 26 heavy (non-hydrogen) atoms. The number of nitrogens with zero attached hydrogens (tertiary/aromatic N) is 2. The van der Waals surface area contributed by atoms with Crippen molar-refractivity contribution in [3.63, 3.8) is 0 Å². The minimum atomic E-state index is -0.243. The Morgan fingerprint density at radius 2 is 1.58 bits per heavy atom. The van der Waals surface area contributed by atoms with Crippen LogP contribution < -0.4 is 5.73 Å². The highest BCUT2D eigenvalue weighted by Crippen LogP contribution is 2.31. The molecule has 6 nitrogen and oxygen atoms in total. The topological polar surface area (TPSA) is 83.7 Å². The molecule has 138 valence electrons. The minimum absolute atomic E-state index is 0.00103. The Bertz CT molecular complexity index is 747. The number of imide groups is 1. The van der Waals surface area contributed by atoms with Crippen molar-refractivity contribution in [2.45, 2.75) is 57.0 Å². The van der Waals surface area contributed by atoms with Crippen molar-refractivity contribution in [1.29, 1.82) is 0 Å². The summed E-state index contributed by atoms with van der Waals surface area (Å²) in [5.74, 6) is -0.539. The summed E-state index contributed by atoms with van der Waals surface area (Å²) in [6, 6.07) is 5.07. The molecular weight excluding hydrogens is 330 g/mol. The summed E-state index contributed by atoms with van der Waals surface area (Å²) in [7, 11) is 0. The first-order valence-corrected chi connectivity index (χ1v) is 9.63. The third kappa shape index (κ3) is 2.92. The van der Waals surface area contributed by atoms with E-state index in [2.05, 4.69) is 0 Å². The fraction of sp³-hybridized carbons (Fsp3) is 0.550. The molecule has 3 aliphatic rings. The van der Waals surface area contributed by atoms with Crippen molar-refractivity contribution in [1.82, 2.24) is 9.80 Å². The van der Waals surface area contributed by atoms with Crippen LogP contribution in [0.25, 0.3) is 0 Å². The molecule has 4 rings (SSSR count).